The zero-order chi connectivity index (χ0) is 12.0. The summed E-state index contributed by atoms with van der Waals surface area (Å²) in [6.07, 6.45) is -1.31. The molecular weight excluding hydrogens is 272 g/mol. The number of benzene rings is 1. The monoisotopic (exact) mass is 288 g/mol. The van der Waals surface area contributed by atoms with Gasteiger partial charge in [-0.05, 0) is 12.5 Å². The van der Waals surface area contributed by atoms with Gasteiger partial charge in [0.2, 0.25) is 0 Å². The second-order valence-corrected chi connectivity index (χ2v) is 4.81. The maximum Gasteiger partial charge on any atom is 0.0923 e. The van der Waals surface area contributed by atoms with Gasteiger partial charge < -0.3 is 14.9 Å². The molecule has 16 heavy (non-hydrogen) atoms. The van der Waals surface area contributed by atoms with Crippen LogP contribution in [0.3, 0.4) is 0 Å². The third-order valence-corrected chi connectivity index (χ3v) is 3.60. The summed E-state index contributed by atoms with van der Waals surface area (Å²) in [4.78, 5) is -0.358. The van der Waals surface area contributed by atoms with Crippen molar-refractivity contribution in [1.82, 2.24) is 0 Å². The molecule has 0 aliphatic heterocycles. The number of hydrogen-bond acceptors (Lipinski definition) is 3. The second-order valence-electron chi connectivity index (χ2n) is 3.75. The summed E-state index contributed by atoms with van der Waals surface area (Å²) >= 11 is 3.21. The van der Waals surface area contributed by atoms with Gasteiger partial charge in [0.05, 0.1) is 30.2 Å². The normalized spacial score (nSPS) is 16.8. The Hall–Kier alpha value is -0.420. The molecule has 3 nitrogen and oxygen atoms in total. The molecule has 1 aromatic rings. The molecule has 1 unspecified atom stereocenters. The van der Waals surface area contributed by atoms with Crippen molar-refractivity contribution in [2.45, 2.75) is 30.6 Å². The van der Waals surface area contributed by atoms with Gasteiger partial charge in [-0.2, -0.15) is 0 Å². The fraction of sp³-hybridized carbons (Fsp3) is 0.500. The van der Waals surface area contributed by atoms with Gasteiger partial charge in [0, 0.05) is 0 Å². The average Bonchev–Trinajstić information content (AvgIpc) is 2.29. The maximum absolute atomic E-state index is 9.63. The Bertz CT molecular complexity index is 290. The molecular formula is C12H17BrO3. The quantitative estimate of drug-likeness (QED) is 0.784. The molecule has 1 rings (SSSR count). The van der Waals surface area contributed by atoms with E-state index in [-0.39, 0.29) is 11.4 Å². The first-order valence-electron chi connectivity index (χ1n) is 5.23. The lowest BCUT2D eigenvalue weighted by molar-refractivity contribution is 0.0103. The minimum Gasteiger partial charge on any atom is -0.392 e. The molecule has 0 amide bonds. The fourth-order valence-electron chi connectivity index (χ4n) is 1.29. The van der Waals surface area contributed by atoms with E-state index in [0.29, 0.717) is 6.61 Å². The Morgan fingerprint density at radius 1 is 1.25 bits per heavy atom. The lowest BCUT2D eigenvalue weighted by atomic mass is 10.2. The van der Waals surface area contributed by atoms with E-state index in [0.717, 1.165) is 5.56 Å². The van der Waals surface area contributed by atoms with Gasteiger partial charge in [0.25, 0.3) is 0 Å². The number of aliphatic hydroxyl groups is 2. The van der Waals surface area contributed by atoms with E-state index in [1.807, 2.05) is 30.3 Å². The van der Waals surface area contributed by atoms with Crippen molar-refractivity contribution in [3.63, 3.8) is 0 Å². The number of aliphatic hydroxyl groups excluding tert-OH is 2. The van der Waals surface area contributed by atoms with E-state index in [2.05, 4.69) is 15.9 Å². The maximum atomic E-state index is 9.63. The van der Waals surface area contributed by atoms with Crippen LogP contribution >= 0.6 is 15.9 Å². The van der Waals surface area contributed by atoms with E-state index in [1.54, 1.807) is 6.92 Å². The molecule has 0 fully saturated rings. The van der Waals surface area contributed by atoms with Crippen molar-refractivity contribution in [3.8, 4) is 0 Å². The van der Waals surface area contributed by atoms with Gasteiger partial charge in [0.15, 0.2) is 0 Å². The van der Waals surface area contributed by atoms with E-state index in [1.165, 1.54) is 0 Å². The Balaban J connectivity index is 2.25. The van der Waals surface area contributed by atoms with Crippen LogP contribution in [0.4, 0.5) is 0 Å². The Morgan fingerprint density at radius 2 is 1.88 bits per heavy atom. The van der Waals surface area contributed by atoms with Crippen LogP contribution in [0.2, 0.25) is 0 Å². The third-order valence-electron chi connectivity index (χ3n) is 2.23. The molecule has 2 N–H and O–H groups in total. The van der Waals surface area contributed by atoms with Gasteiger partial charge >= 0.3 is 0 Å². The first kappa shape index (κ1) is 13.6. The van der Waals surface area contributed by atoms with E-state index in [9.17, 15) is 10.2 Å². The minimum absolute atomic E-state index is 0.204. The van der Waals surface area contributed by atoms with Crippen molar-refractivity contribution in [2.24, 2.45) is 0 Å². The van der Waals surface area contributed by atoms with Crippen LogP contribution < -0.4 is 0 Å². The molecule has 0 saturated heterocycles. The zero-order valence-electron chi connectivity index (χ0n) is 9.21. The first-order chi connectivity index (χ1) is 7.61. The molecule has 0 aliphatic carbocycles. The van der Waals surface area contributed by atoms with Crippen molar-refractivity contribution in [1.29, 1.82) is 0 Å². The molecule has 90 valence electrons. The average molecular weight is 289 g/mol. The highest BCUT2D eigenvalue weighted by Crippen LogP contribution is 2.12. The molecule has 3 atom stereocenters. The summed E-state index contributed by atoms with van der Waals surface area (Å²) in [5, 5.41) is 18.9. The van der Waals surface area contributed by atoms with Crippen LogP contribution in [-0.4, -0.2) is 33.9 Å². The number of alkyl halides is 1. The lowest BCUT2D eigenvalue weighted by Crippen LogP contribution is -2.33. The fourth-order valence-corrected chi connectivity index (χ4v) is 1.44. The topological polar surface area (TPSA) is 49.7 Å². The number of rotatable bonds is 6. The van der Waals surface area contributed by atoms with Crippen LogP contribution in [0.5, 0.6) is 0 Å². The van der Waals surface area contributed by atoms with Crippen LogP contribution in [0.1, 0.15) is 12.5 Å². The zero-order valence-corrected chi connectivity index (χ0v) is 10.8. The van der Waals surface area contributed by atoms with Gasteiger partial charge in [0.1, 0.15) is 0 Å². The lowest BCUT2D eigenvalue weighted by Gasteiger charge is -2.19. The van der Waals surface area contributed by atoms with Crippen LogP contribution in [-0.2, 0) is 11.3 Å². The van der Waals surface area contributed by atoms with Crippen molar-refractivity contribution in [2.75, 3.05) is 6.61 Å². The summed E-state index contributed by atoms with van der Waals surface area (Å²) in [5.74, 6) is 0. The van der Waals surface area contributed by atoms with Gasteiger partial charge in [-0.3, -0.25) is 0 Å². The number of ether oxygens (including phenoxy) is 1. The Labute approximate surface area is 104 Å². The van der Waals surface area contributed by atoms with Gasteiger partial charge in [-0.25, -0.2) is 0 Å². The molecule has 0 saturated carbocycles. The summed E-state index contributed by atoms with van der Waals surface area (Å²) in [5.41, 5.74) is 1.07. The molecule has 0 radical (unpaired) electrons. The summed E-state index contributed by atoms with van der Waals surface area (Å²) < 4.78 is 5.36. The SMILES string of the molecule is CC(O)[C@@H](Br)[C@@H](O)COCc1ccccc1. The second kappa shape index (κ2) is 7.01. The first-order valence-corrected chi connectivity index (χ1v) is 6.14. The molecule has 0 aliphatic rings. The summed E-state index contributed by atoms with van der Waals surface area (Å²) in [6.45, 7) is 2.30. The molecule has 0 aromatic heterocycles. The van der Waals surface area contributed by atoms with Crippen molar-refractivity contribution >= 4 is 15.9 Å². The molecule has 0 spiro atoms. The van der Waals surface area contributed by atoms with E-state index < -0.39 is 12.2 Å². The summed E-state index contributed by atoms with van der Waals surface area (Å²) in [6, 6.07) is 9.76. The minimum atomic E-state index is -0.705. The largest absolute Gasteiger partial charge is 0.392 e. The van der Waals surface area contributed by atoms with Crippen molar-refractivity contribution < 1.29 is 14.9 Å². The number of hydrogen-bond donors (Lipinski definition) is 2. The standard InChI is InChI=1S/C12H17BrO3/c1-9(14)12(13)11(15)8-16-7-10-5-3-2-4-6-10/h2-6,9,11-12,14-15H,7-8H2,1H3/t9?,11-,12+/m0/s1. The Kier molecular flexibility index (Phi) is 5.98. The highest BCUT2D eigenvalue weighted by Gasteiger charge is 2.20. The summed E-state index contributed by atoms with van der Waals surface area (Å²) in [7, 11) is 0. The van der Waals surface area contributed by atoms with Crippen LogP contribution in [0.15, 0.2) is 30.3 Å². The van der Waals surface area contributed by atoms with Crippen LogP contribution in [0.25, 0.3) is 0 Å². The van der Waals surface area contributed by atoms with Gasteiger partial charge in [-0.15, -0.1) is 0 Å². The highest BCUT2D eigenvalue weighted by atomic mass is 79.9. The van der Waals surface area contributed by atoms with E-state index in [4.69, 9.17) is 4.74 Å². The predicted octanol–water partition coefficient (Wildman–Crippen LogP) is 1.71. The smallest absolute Gasteiger partial charge is 0.0923 e. The number of halogens is 1. The molecule has 1 aromatic carbocycles. The van der Waals surface area contributed by atoms with Gasteiger partial charge in [-0.1, -0.05) is 46.3 Å². The Morgan fingerprint density at radius 3 is 2.44 bits per heavy atom. The molecule has 4 heteroatoms. The third kappa shape index (κ3) is 4.61. The molecule has 0 heterocycles. The van der Waals surface area contributed by atoms with Crippen LogP contribution in [0, 0.1) is 0 Å². The van der Waals surface area contributed by atoms with Crippen molar-refractivity contribution in [3.05, 3.63) is 35.9 Å². The molecule has 0 bridgehead atoms. The van der Waals surface area contributed by atoms with E-state index >= 15 is 0 Å². The predicted molar refractivity (Wildman–Crippen MR) is 66.5 cm³/mol. The highest BCUT2D eigenvalue weighted by molar-refractivity contribution is 9.09.